The van der Waals surface area contributed by atoms with Crippen LogP contribution in [0, 0.1) is 12.7 Å². The topological polar surface area (TPSA) is 51.1 Å². The molecule has 0 unspecified atom stereocenters. The summed E-state index contributed by atoms with van der Waals surface area (Å²) in [5.74, 6) is -0.602. The van der Waals surface area contributed by atoms with E-state index in [9.17, 15) is 12.8 Å². The highest BCUT2D eigenvalue weighted by Gasteiger charge is 2.14. The number of benzene rings is 1. The van der Waals surface area contributed by atoms with Crippen LogP contribution in [-0.2, 0) is 22.6 Å². The van der Waals surface area contributed by atoms with E-state index in [0.717, 1.165) is 6.07 Å². The zero-order chi connectivity index (χ0) is 16.7. The smallest absolute Gasteiger partial charge is 0.262 e. The van der Waals surface area contributed by atoms with Crippen molar-refractivity contribution in [1.29, 1.82) is 0 Å². The number of halogens is 2. The molecule has 0 saturated carbocycles. The molecule has 2 rings (SSSR count). The van der Waals surface area contributed by atoms with Crippen molar-refractivity contribution in [3.63, 3.8) is 0 Å². The first-order valence-electron chi connectivity index (χ1n) is 6.71. The van der Waals surface area contributed by atoms with Gasteiger partial charge in [-0.1, -0.05) is 0 Å². The summed E-state index contributed by atoms with van der Waals surface area (Å²) < 4.78 is 53.2. The second-order valence-electron chi connectivity index (χ2n) is 4.33. The Hall–Kier alpha value is -1.53. The van der Waals surface area contributed by atoms with Crippen molar-refractivity contribution in [2.45, 2.75) is 18.4 Å². The molecule has 7 heteroatoms. The Kier molecular flexibility index (Phi) is 3.34. The van der Waals surface area contributed by atoms with E-state index in [1.54, 1.807) is 11.6 Å². The molecule has 1 aromatic carbocycles. The van der Waals surface area contributed by atoms with Crippen LogP contribution in [0.1, 0.15) is 14.0 Å². The fourth-order valence-corrected chi connectivity index (χ4v) is 2.50. The van der Waals surface area contributed by atoms with Crippen molar-refractivity contribution >= 4 is 25.4 Å². The van der Waals surface area contributed by atoms with Crippen molar-refractivity contribution in [3.8, 4) is 0 Å². The van der Waals surface area contributed by atoms with E-state index in [1.165, 1.54) is 19.2 Å². The number of rotatable bonds is 4. The lowest BCUT2D eigenvalue weighted by molar-refractivity contribution is 0.609. The van der Waals surface area contributed by atoms with E-state index in [2.05, 4.69) is 5.32 Å². The van der Waals surface area contributed by atoms with Crippen molar-refractivity contribution in [1.82, 2.24) is 4.57 Å². The van der Waals surface area contributed by atoms with Gasteiger partial charge in [0.05, 0.1) is 9.29 Å². The normalized spacial score (nSPS) is 13.0. The van der Waals surface area contributed by atoms with Crippen LogP contribution in [0.3, 0.4) is 0 Å². The maximum atomic E-state index is 13.4. The van der Waals surface area contributed by atoms with Crippen molar-refractivity contribution in [2.75, 3.05) is 5.32 Å². The first-order chi connectivity index (χ1) is 10.1. The molecule has 2 aromatic rings. The molecule has 0 amide bonds. The Balaban J connectivity index is 2.29. The molecule has 0 atom stereocenters. The monoisotopic (exact) mass is 318 g/mol. The predicted octanol–water partition coefficient (Wildman–Crippen LogP) is 3.01. The molecule has 0 aliphatic rings. The number of aromatic nitrogens is 1. The molecular formula is C13H14ClFN2O2S. The van der Waals surface area contributed by atoms with Gasteiger partial charge in [-0.15, -0.1) is 0 Å². The quantitative estimate of drug-likeness (QED) is 0.882. The molecular weight excluding hydrogens is 303 g/mol. The SMILES string of the molecule is [2H]c1cc(F)c(C)c([2H])c1NCc1cc(S(=O)(=O)Cl)cn1C. The maximum Gasteiger partial charge on any atom is 0.262 e. The molecule has 0 bridgehead atoms. The lowest BCUT2D eigenvalue weighted by Gasteiger charge is -2.08. The van der Waals surface area contributed by atoms with Crippen LogP contribution in [0.4, 0.5) is 10.1 Å². The Morgan fingerprint density at radius 2 is 2.25 bits per heavy atom. The van der Waals surface area contributed by atoms with Gasteiger partial charge in [-0.05, 0) is 36.7 Å². The number of nitrogens with zero attached hydrogens (tertiary/aromatic N) is 1. The average Bonchev–Trinajstić information content (AvgIpc) is 2.78. The number of aryl methyl sites for hydroxylation is 1. The third-order valence-corrected chi connectivity index (χ3v) is 4.15. The summed E-state index contributed by atoms with van der Waals surface area (Å²) in [5, 5.41) is 2.87. The molecule has 0 spiro atoms. The minimum Gasteiger partial charge on any atom is -0.379 e. The van der Waals surface area contributed by atoms with Crippen molar-refractivity contribution in [3.05, 3.63) is 47.5 Å². The van der Waals surface area contributed by atoms with E-state index in [0.29, 0.717) is 5.69 Å². The number of hydrogen-bond donors (Lipinski definition) is 1. The van der Waals surface area contributed by atoms with Crippen LogP contribution < -0.4 is 5.32 Å². The predicted molar refractivity (Wildman–Crippen MR) is 76.9 cm³/mol. The number of hydrogen-bond acceptors (Lipinski definition) is 3. The highest BCUT2D eigenvalue weighted by atomic mass is 35.7. The zero-order valence-corrected chi connectivity index (χ0v) is 12.4. The number of anilines is 1. The molecule has 0 fully saturated rings. The highest BCUT2D eigenvalue weighted by Crippen LogP contribution is 2.19. The molecule has 0 radical (unpaired) electrons. The first-order valence-corrected chi connectivity index (χ1v) is 8.02. The second kappa shape index (κ2) is 5.46. The molecule has 1 heterocycles. The van der Waals surface area contributed by atoms with Crippen molar-refractivity contribution in [2.24, 2.45) is 7.05 Å². The molecule has 4 nitrogen and oxygen atoms in total. The van der Waals surface area contributed by atoms with Crippen LogP contribution in [0.25, 0.3) is 0 Å². The summed E-state index contributed by atoms with van der Waals surface area (Å²) in [6.07, 6.45) is 1.37. The molecule has 20 heavy (non-hydrogen) atoms. The third kappa shape index (κ3) is 3.32. The zero-order valence-electron chi connectivity index (χ0n) is 12.9. The second-order valence-corrected chi connectivity index (χ2v) is 6.90. The Bertz CT molecular complexity index is 837. The average molecular weight is 319 g/mol. The number of nitrogens with one attached hydrogen (secondary N) is 1. The van der Waals surface area contributed by atoms with E-state index in [-0.39, 0.29) is 34.8 Å². The van der Waals surface area contributed by atoms with Crippen LogP contribution in [0.15, 0.2) is 35.3 Å². The summed E-state index contributed by atoms with van der Waals surface area (Å²) in [7, 11) is 3.12. The van der Waals surface area contributed by atoms with Crippen LogP contribution in [0.2, 0.25) is 0 Å². The minimum absolute atomic E-state index is 0.0269. The summed E-state index contributed by atoms with van der Waals surface area (Å²) in [6.45, 7) is 1.63. The minimum atomic E-state index is -3.82. The molecule has 0 aliphatic heterocycles. The van der Waals surface area contributed by atoms with Crippen LogP contribution in [-0.4, -0.2) is 13.0 Å². The Labute approximate surface area is 124 Å². The summed E-state index contributed by atoms with van der Waals surface area (Å²) in [4.78, 5) is -0.0269. The highest BCUT2D eigenvalue weighted by molar-refractivity contribution is 8.13. The van der Waals surface area contributed by atoms with Gasteiger partial charge in [0.15, 0.2) is 0 Å². The molecule has 0 aliphatic carbocycles. The van der Waals surface area contributed by atoms with Gasteiger partial charge in [0.1, 0.15) is 10.7 Å². The van der Waals surface area contributed by atoms with Gasteiger partial charge in [0, 0.05) is 35.3 Å². The fourth-order valence-electron chi connectivity index (χ4n) is 1.69. The van der Waals surface area contributed by atoms with Crippen LogP contribution in [0.5, 0.6) is 0 Å². The standard InChI is InChI=1S/C13H14ClFN2O2S/c1-9-5-10(3-4-13(9)15)16-7-11-6-12(8-17(11)2)20(14,18)19/h3-6,8,16H,7H2,1-2H3/i3D,5D. The van der Waals surface area contributed by atoms with Gasteiger partial charge >= 0.3 is 0 Å². The van der Waals surface area contributed by atoms with Gasteiger partial charge in [-0.3, -0.25) is 0 Å². The fraction of sp³-hybridized carbons (Fsp3) is 0.231. The molecule has 1 N–H and O–H groups in total. The van der Waals surface area contributed by atoms with E-state index >= 15 is 0 Å². The van der Waals surface area contributed by atoms with Gasteiger partial charge in [0.2, 0.25) is 0 Å². The first kappa shape index (κ1) is 12.2. The van der Waals surface area contributed by atoms with Gasteiger partial charge in [-0.2, -0.15) is 0 Å². The summed E-state index contributed by atoms with van der Waals surface area (Å²) >= 11 is 0. The van der Waals surface area contributed by atoms with Gasteiger partial charge in [-0.25, -0.2) is 12.8 Å². The van der Waals surface area contributed by atoms with E-state index < -0.39 is 14.9 Å². The van der Waals surface area contributed by atoms with Crippen molar-refractivity contribution < 1.29 is 15.5 Å². The Morgan fingerprint density at radius 3 is 2.85 bits per heavy atom. The third-order valence-electron chi connectivity index (χ3n) is 2.82. The molecule has 108 valence electrons. The van der Waals surface area contributed by atoms with Gasteiger partial charge in [0.25, 0.3) is 9.05 Å². The molecule has 0 saturated heterocycles. The maximum absolute atomic E-state index is 13.4. The van der Waals surface area contributed by atoms with E-state index in [4.69, 9.17) is 13.4 Å². The molecule has 1 aromatic heterocycles. The lowest BCUT2D eigenvalue weighted by atomic mass is 10.2. The van der Waals surface area contributed by atoms with Crippen LogP contribution >= 0.6 is 10.7 Å². The summed E-state index contributed by atoms with van der Waals surface area (Å²) in [6, 6.07) is 2.21. The largest absolute Gasteiger partial charge is 0.379 e. The lowest BCUT2D eigenvalue weighted by Crippen LogP contribution is -2.04. The Morgan fingerprint density at radius 1 is 1.55 bits per heavy atom. The van der Waals surface area contributed by atoms with Gasteiger partial charge < -0.3 is 9.88 Å². The summed E-state index contributed by atoms with van der Waals surface area (Å²) in [5.41, 5.74) is 0.935. The van der Waals surface area contributed by atoms with E-state index in [1.807, 2.05) is 0 Å².